The highest BCUT2D eigenvalue weighted by Gasteiger charge is 2.19. The van der Waals surface area contributed by atoms with Crippen LogP contribution in [0.4, 0.5) is 0 Å². The van der Waals surface area contributed by atoms with E-state index in [9.17, 15) is 0 Å². The minimum Gasteiger partial charge on any atom is -0.497 e. The van der Waals surface area contributed by atoms with Gasteiger partial charge in [-0.25, -0.2) is 19.3 Å². The Morgan fingerprint density at radius 3 is 2.81 bits per heavy atom. The van der Waals surface area contributed by atoms with Crippen molar-refractivity contribution in [2.75, 3.05) is 7.11 Å². The Kier molecular flexibility index (Phi) is 4.61. The van der Waals surface area contributed by atoms with Crippen molar-refractivity contribution >= 4 is 0 Å². The maximum Gasteiger partial charge on any atom is 0.183 e. The minimum absolute atomic E-state index is 0.115. The molecule has 0 saturated heterocycles. The minimum atomic E-state index is -0.115. The molecular weight excluding hydrogens is 342 g/mol. The van der Waals surface area contributed by atoms with Crippen LogP contribution in [0.2, 0.25) is 0 Å². The summed E-state index contributed by atoms with van der Waals surface area (Å²) in [6.07, 6.45) is 6.69. The second kappa shape index (κ2) is 7.36. The molecule has 0 fully saturated rings. The van der Waals surface area contributed by atoms with Crippen molar-refractivity contribution in [1.82, 2.24) is 34.5 Å². The number of nitrogens with zero attached hydrogens (tertiary/aromatic N) is 7. The third-order valence-corrected chi connectivity index (χ3v) is 4.29. The van der Waals surface area contributed by atoms with Crippen LogP contribution in [0.1, 0.15) is 24.4 Å². The summed E-state index contributed by atoms with van der Waals surface area (Å²) < 4.78 is 8.98. The van der Waals surface area contributed by atoms with Crippen LogP contribution >= 0.6 is 0 Å². The Morgan fingerprint density at radius 1 is 1.15 bits per heavy atom. The molecule has 8 nitrogen and oxygen atoms in total. The summed E-state index contributed by atoms with van der Waals surface area (Å²) in [6, 6.07) is 11.6. The van der Waals surface area contributed by atoms with Gasteiger partial charge in [-0.15, -0.1) is 0 Å². The third-order valence-electron chi connectivity index (χ3n) is 4.29. The molecule has 0 bridgehead atoms. The van der Waals surface area contributed by atoms with Crippen LogP contribution < -0.4 is 4.74 Å². The number of ether oxygens (including phenoxy) is 1. The van der Waals surface area contributed by atoms with E-state index < -0.39 is 0 Å². The number of aromatic nitrogens is 7. The SMILES string of the molecule is COc1cccc(Cn2nc(-c3cccnc3)nc2[C@H](C)n2cncn2)c1. The first-order chi connectivity index (χ1) is 13.2. The molecule has 1 aromatic carbocycles. The van der Waals surface area contributed by atoms with Crippen molar-refractivity contribution in [2.45, 2.75) is 19.5 Å². The molecule has 0 N–H and O–H groups in total. The standard InChI is InChI=1S/C19H19N7O/c1-14(26-13-21-12-22-26)19-23-18(16-6-4-8-20-10-16)24-25(19)11-15-5-3-7-17(9-15)27-2/h3-10,12-14H,11H2,1-2H3/t14-/m0/s1. The molecule has 0 aliphatic carbocycles. The summed E-state index contributed by atoms with van der Waals surface area (Å²) >= 11 is 0. The number of methoxy groups -OCH3 is 1. The first-order valence-corrected chi connectivity index (χ1v) is 8.57. The second-order valence-corrected chi connectivity index (χ2v) is 6.10. The predicted octanol–water partition coefficient (Wildman–Crippen LogP) is 2.60. The van der Waals surface area contributed by atoms with E-state index in [4.69, 9.17) is 14.8 Å². The van der Waals surface area contributed by atoms with E-state index >= 15 is 0 Å². The molecule has 0 saturated carbocycles. The van der Waals surface area contributed by atoms with Crippen molar-refractivity contribution < 1.29 is 4.74 Å². The summed E-state index contributed by atoms with van der Waals surface area (Å²) in [7, 11) is 1.66. The summed E-state index contributed by atoms with van der Waals surface area (Å²) in [6.45, 7) is 2.59. The molecule has 0 aliphatic heterocycles. The normalized spacial score (nSPS) is 12.1. The Hall–Kier alpha value is -3.55. The van der Waals surface area contributed by atoms with Crippen molar-refractivity contribution in [3.8, 4) is 17.1 Å². The third kappa shape index (κ3) is 3.55. The van der Waals surface area contributed by atoms with E-state index in [1.54, 1.807) is 30.5 Å². The number of hydrogen-bond donors (Lipinski definition) is 0. The van der Waals surface area contributed by atoms with Crippen molar-refractivity contribution in [3.05, 3.63) is 72.8 Å². The quantitative estimate of drug-likeness (QED) is 0.525. The highest BCUT2D eigenvalue weighted by Crippen LogP contribution is 2.22. The van der Waals surface area contributed by atoms with Gasteiger partial charge >= 0.3 is 0 Å². The van der Waals surface area contributed by atoms with Gasteiger partial charge in [-0.3, -0.25) is 4.98 Å². The number of rotatable bonds is 6. The van der Waals surface area contributed by atoms with E-state index in [0.29, 0.717) is 12.4 Å². The molecular formula is C19H19N7O. The van der Waals surface area contributed by atoms with Crippen LogP contribution in [-0.4, -0.2) is 41.6 Å². The van der Waals surface area contributed by atoms with Gasteiger partial charge in [0.05, 0.1) is 13.7 Å². The van der Waals surface area contributed by atoms with Crippen LogP contribution in [0.25, 0.3) is 11.4 Å². The average molecular weight is 361 g/mol. The fourth-order valence-corrected chi connectivity index (χ4v) is 2.88. The van der Waals surface area contributed by atoms with Gasteiger partial charge in [0.2, 0.25) is 0 Å². The largest absolute Gasteiger partial charge is 0.497 e. The number of benzene rings is 1. The van der Waals surface area contributed by atoms with Crippen molar-refractivity contribution in [3.63, 3.8) is 0 Å². The number of pyridine rings is 1. The maximum absolute atomic E-state index is 5.33. The molecule has 0 spiro atoms. The topological polar surface area (TPSA) is 83.5 Å². The lowest BCUT2D eigenvalue weighted by Crippen LogP contribution is -2.15. The van der Waals surface area contributed by atoms with Gasteiger partial charge in [-0.05, 0) is 36.8 Å². The summed E-state index contributed by atoms with van der Waals surface area (Å²) in [5.41, 5.74) is 1.94. The van der Waals surface area contributed by atoms with E-state index in [1.807, 2.05) is 48.0 Å². The highest BCUT2D eigenvalue weighted by molar-refractivity contribution is 5.52. The van der Waals surface area contributed by atoms with Crippen LogP contribution in [0.15, 0.2) is 61.4 Å². The van der Waals surface area contributed by atoms with Gasteiger partial charge in [-0.2, -0.15) is 10.2 Å². The second-order valence-electron chi connectivity index (χ2n) is 6.10. The van der Waals surface area contributed by atoms with Crippen molar-refractivity contribution in [2.24, 2.45) is 0 Å². The summed E-state index contributed by atoms with van der Waals surface area (Å²) in [5.74, 6) is 2.24. The lowest BCUT2D eigenvalue weighted by Gasteiger charge is -2.13. The van der Waals surface area contributed by atoms with Crippen LogP contribution in [-0.2, 0) is 6.54 Å². The molecule has 0 aliphatic rings. The highest BCUT2D eigenvalue weighted by atomic mass is 16.5. The number of hydrogen-bond acceptors (Lipinski definition) is 6. The molecule has 3 heterocycles. The predicted molar refractivity (Wildman–Crippen MR) is 99.2 cm³/mol. The molecule has 0 amide bonds. The Balaban J connectivity index is 1.74. The smallest absolute Gasteiger partial charge is 0.183 e. The first kappa shape index (κ1) is 16.9. The van der Waals surface area contributed by atoms with Gasteiger partial charge in [0.25, 0.3) is 0 Å². The first-order valence-electron chi connectivity index (χ1n) is 8.57. The monoisotopic (exact) mass is 361 g/mol. The van der Waals surface area contributed by atoms with Gasteiger partial charge in [-0.1, -0.05) is 12.1 Å². The molecule has 1 atom stereocenters. The fourth-order valence-electron chi connectivity index (χ4n) is 2.88. The molecule has 27 heavy (non-hydrogen) atoms. The maximum atomic E-state index is 5.33. The Morgan fingerprint density at radius 2 is 2.07 bits per heavy atom. The molecule has 0 radical (unpaired) electrons. The molecule has 0 unspecified atom stereocenters. The average Bonchev–Trinajstić information content (AvgIpc) is 3.39. The van der Waals surface area contributed by atoms with E-state index in [1.165, 1.54) is 6.33 Å². The molecule has 4 rings (SSSR count). The Labute approximate surface area is 156 Å². The van der Waals surface area contributed by atoms with Gasteiger partial charge in [0, 0.05) is 18.0 Å². The molecule has 8 heteroatoms. The summed E-state index contributed by atoms with van der Waals surface area (Å²) in [4.78, 5) is 13.0. The van der Waals surface area contributed by atoms with Crippen molar-refractivity contribution in [1.29, 1.82) is 0 Å². The zero-order chi connectivity index (χ0) is 18.6. The van der Waals surface area contributed by atoms with E-state index in [0.717, 1.165) is 22.7 Å². The summed E-state index contributed by atoms with van der Waals surface area (Å²) in [5, 5.41) is 8.97. The van der Waals surface area contributed by atoms with Gasteiger partial charge < -0.3 is 4.74 Å². The van der Waals surface area contributed by atoms with Crippen LogP contribution in [0.5, 0.6) is 5.75 Å². The molecule has 3 aromatic heterocycles. The van der Waals surface area contributed by atoms with E-state index in [2.05, 4.69) is 15.1 Å². The zero-order valence-electron chi connectivity index (χ0n) is 15.1. The van der Waals surface area contributed by atoms with Gasteiger partial charge in [0.1, 0.15) is 24.4 Å². The molecule has 136 valence electrons. The lowest BCUT2D eigenvalue weighted by molar-refractivity contribution is 0.414. The fraction of sp³-hybridized carbons (Fsp3) is 0.211. The van der Waals surface area contributed by atoms with Crippen LogP contribution in [0.3, 0.4) is 0 Å². The zero-order valence-corrected chi connectivity index (χ0v) is 15.1. The Bertz CT molecular complexity index is 1010. The lowest BCUT2D eigenvalue weighted by atomic mass is 10.2. The van der Waals surface area contributed by atoms with Crippen LogP contribution in [0, 0.1) is 0 Å². The molecule has 4 aromatic rings. The van der Waals surface area contributed by atoms with Gasteiger partial charge in [0.15, 0.2) is 11.6 Å². The van der Waals surface area contributed by atoms with E-state index in [-0.39, 0.29) is 6.04 Å².